The van der Waals surface area contributed by atoms with Crippen LogP contribution < -0.4 is 4.74 Å². The largest absolute Gasteiger partial charge is 0.481 e. The van der Waals surface area contributed by atoms with E-state index in [4.69, 9.17) is 9.84 Å². The third kappa shape index (κ3) is 2.51. The quantitative estimate of drug-likeness (QED) is 0.792. The van der Waals surface area contributed by atoms with Crippen LogP contribution in [0.25, 0.3) is 17.1 Å². The summed E-state index contributed by atoms with van der Waals surface area (Å²) in [5.74, 6) is -0.496. The molecule has 3 aromatic rings. The van der Waals surface area contributed by atoms with Crippen molar-refractivity contribution in [1.82, 2.24) is 19.7 Å². The molecule has 0 radical (unpaired) electrons. The number of nitrogens with zero attached hydrogens (tertiary/aromatic N) is 4. The van der Waals surface area contributed by atoms with Crippen LogP contribution >= 0.6 is 0 Å². The van der Waals surface area contributed by atoms with Crippen LogP contribution in [0.4, 0.5) is 0 Å². The van der Waals surface area contributed by atoms with Crippen molar-refractivity contribution in [3.05, 3.63) is 54.5 Å². The topological polar surface area (TPSA) is 90.1 Å². The minimum Gasteiger partial charge on any atom is -0.481 e. The second-order valence-corrected chi connectivity index (χ2v) is 4.42. The molecule has 7 heteroatoms. The first-order chi connectivity index (χ1) is 10.7. The molecule has 0 fully saturated rings. The third-order valence-corrected chi connectivity index (χ3v) is 3.09. The lowest BCUT2D eigenvalue weighted by Gasteiger charge is -2.08. The Balaban J connectivity index is 2.04. The van der Waals surface area contributed by atoms with Gasteiger partial charge in [0.25, 0.3) is 0 Å². The summed E-state index contributed by atoms with van der Waals surface area (Å²) in [6.07, 6.45) is 4.70. The van der Waals surface area contributed by atoms with Gasteiger partial charge in [0, 0.05) is 12.3 Å². The predicted molar refractivity (Wildman–Crippen MR) is 78.1 cm³/mol. The smallest absolute Gasteiger partial charge is 0.335 e. The molecule has 3 aromatic heterocycles. The molecule has 0 saturated heterocycles. The summed E-state index contributed by atoms with van der Waals surface area (Å²) in [4.78, 5) is 19.4. The molecule has 1 N–H and O–H groups in total. The fraction of sp³-hybridized carbons (Fsp3) is 0.0667. The molecular formula is C15H12N4O3. The molecule has 0 unspecified atom stereocenters. The van der Waals surface area contributed by atoms with Gasteiger partial charge in [-0.25, -0.2) is 14.5 Å². The number of aromatic nitrogens is 4. The number of carboxylic acids is 1. The lowest BCUT2D eigenvalue weighted by molar-refractivity contribution is 0.0697. The van der Waals surface area contributed by atoms with Crippen LogP contribution in [0.1, 0.15) is 10.4 Å². The molecular weight excluding hydrogens is 284 g/mol. The number of methoxy groups -OCH3 is 1. The summed E-state index contributed by atoms with van der Waals surface area (Å²) in [6, 6.07) is 8.25. The lowest BCUT2D eigenvalue weighted by Crippen LogP contribution is -2.02. The summed E-state index contributed by atoms with van der Waals surface area (Å²) in [5, 5.41) is 13.3. The highest BCUT2D eigenvalue weighted by atomic mass is 16.5. The van der Waals surface area contributed by atoms with Gasteiger partial charge in [-0.3, -0.25) is 4.98 Å². The van der Waals surface area contributed by atoms with Crippen LogP contribution in [0.2, 0.25) is 0 Å². The van der Waals surface area contributed by atoms with Crippen LogP contribution in [0, 0.1) is 0 Å². The molecule has 0 aromatic carbocycles. The minimum absolute atomic E-state index is 0.172. The Bertz CT molecular complexity index is 812. The average molecular weight is 296 g/mol. The zero-order valence-electron chi connectivity index (χ0n) is 11.7. The fourth-order valence-corrected chi connectivity index (χ4v) is 2.03. The van der Waals surface area contributed by atoms with Crippen molar-refractivity contribution >= 4 is 5.97 Å². The molecule has 0 saturated carbocycles. The summed E-state index contributed by atoms with van der Waals surface area (Å²) >= 11 is 0. The molecule has 110 valence electrons. The van der Waals surface area contributed by atoms with Crippen molar-refractivity contribution in [1.29, 1.82) is 0 Å². The maximum Gasteiger partial charge on any atom is 0.335 e. The monoisotopic (exact) mass is 296 g/mol. The first-order valence-electron chi connectivity index (χ1n) is 6.43. The van der Waals surface area contributed by atoms with Crippen molar-refractivity contribution in [3.63, 3.8) is 0 Å². The Labute approximate surface area is 125 Å². The summed E-state index contributed by atoms with van der Waals surface area (Å²) in [6.45, 7) is 0. The number of aromatic carboxylic acids is 1. The van der Waals surface area contributed by atoms with Gasteiger partial charge in [0.1, 0.15) is 0 Å². The van der Waals surface area contributed by atoms with E-state index in [2.05, 4.69) is 15.1 Å². The zero-order valence-corrected chi connectivity index (χ0v) is 11.7. The number of carbonyl (C=O) groups is 1. The van der Waals surface area contributed by atoms with Gasteiger partial charge in [0.05, 0.1) is 42.1 Å². The molecule has 3 rings (SSSR count). The molecule has 0 atom stereocenters. The van der Waals surface area contributed by atoms with Gasteiger partial charge in [-0.2, -0.15) is 5.10 Å². The Morgan fingerprint density at radius 3 is 2.73 bits per heavy atom. The van der Waals surface area contributed by atoms with Crippen molar-refractivity contribution in [2.24, 2.45) is 0 Å². The SMILES string of the molecule is COc1ccc(-n2nccc2-c2cc(C(=O)O)ccn2)cn1. The highest BCUT2D eigenvalue weighted by Gasteiger charge is 2.12. The summed E-state index contributed by atoms with van der Waals surface area (Å²) in [5.41, 5.74) is 2.09. The Morgan fingerprint density at radius 2 is 2.05 bits per heavy atom. The van der Waals surface area contributed by atoms with Gasteiger partial charge in [0.15, 0.2) is 0 Å². The Morgan fingerprint density at radius 1 is 1.18 bits per heavy atom. The van der Waals surface area contributed by atoms with E-state index >= 15 is 0 Å². The van der Waals surface area contributed by atoms with E-state index in [1.807, 2.05) is 6.07 Å². The second-order valence-electron chi connectivity index (χ2n) is 4.42. The first kappa shape index (κ1) is 13.7. The van der Waals surface area contributed by atoms with E-state index in [1.54, 1.807) is 36.3 Å². The first-order valence-corrected chi connectivity index (χ1v) is 6.43. The number of pyridine rings is 2. The van der Waals surface area contributed by atoms with Gasteiger partial charge < -0.3 is 9.84 Å². The maximum atomic E-state index is 11.1. The van der Waals surface area contributed by atoms with Crippen LogP contribution in [0.15, 0.2) is 48.9 Å². The molecule has 0 bridgehead atoms. The van der Waals surface area contributed by atoms with Crippen LogP contribution in [0.3, 0.4) is 0 Å². The Kier molecular flexibility index (Phi) is 3.53. The van der Waals surface area contributed by atoms with Crippen LogP contribution in [-0.4, -0.2) is 37.9 Å². The van der Waals surface area contributed by atoms with E-state index in [1.165, 1.54) is 18.3 Å². The normalized spacial score (nSPS) is 10.4. The van der Waals surface area contributed by atoms with Gasteiger partial charge in [0.2, 0.25) is 5.88 Å². The van der Waals surface area contributed by atoms with Crippen molar-refractivity contribution in [2.45, 2.75) is 0 Å². The molecule has 3 heterocycles. The van der Waals surface area contributed by atoms with Crippen LogP contribution in [-0.2, 0) is 0 Å². The number of ether oxygens (including phenoxy) is 1. The highest BCUT2D eigenvalue weighted by molar-refractivity contribution is 5.88. The van der Waals surface area contributed by atoms with Gasteiger partial charge in [-0.15, -0.1) is 0 Å². The average Bonchev–Trinajstić information content (AvgIpc) is 3.04. The number of hydrogen-bond donors (Lipinski definition) is 1. The lowest BCUT2D eigenvalue weighted by atomic mass is 10.2. The summed E-state index contributed by atoms with van der Waals surface area (Å²) in [7, 11) is 1.54. The number of hydrogen-bond acceptors (Lipinski definition) is 5. The fourth-order valence-electron chi connectivity index (χ4n) is 2.03. The summed E-state index contributed by atoms with van der Waals surface area (Å²) < 4.78 is 6.66. The number of rotatable bonds is 4. The van der Waals surface area contributed by atoms with Crippen LogP contribution in [0.5, 0.6) is 5.88 Å². The molecule has 0 aliphatic rings. The highest BCUT2D eigenvalue weighted by Crippen LogP contribution is 2.21. The molecule has 0 spiro atoms. The molecule has 0 amide bonds. The van der Waals surface area contributed by atoms with Gasteiger partial charge in [-0.1, -0.05) is 0 Å². The molecule has 0 aliphatic carbocycles. The Hall–Kier alpha value is -3.22. The van der Waals surface area contributed by atoms with E-state index in [-0.39, 0.29) is 5.56 Å². The minimum atomic E-state index is -0.999. The van der Waals surface area contributed by atoms with Crippen molar-refractivity contribution in [3.8, 4) is 23.0 Å². The molecule has 0 aliphatic heterocycles. The van der Waals surface area contributed by atoms with E-state index in [0.29, 0.717) is 17.3 Å². The predicted octanol–water partition coefficient (Wildman–Crippen LogP) is 2.04. The second kappa shape index (κ2) is 5.65. The van der Waals surface area contributed by atoms with E-state index < -0.39 is 5.97 Å². The van der Waals surface area contributed by atoms with Crippen molar-refractivity contribution in [2.75, 3.05) is 7.11 Å². The van der Waals surface area contributed by atoms with Gasteiger partial charge >= 0.3 is 5.97 Å². The third-order valence-electron chi connectivity index (χ3n) is 3.09. The molecule has 22 heavy (non-hydrogen) atoms. The zero-order chi connectivity index (χ0) is 15.5. The van der Waals surface area contributed by atoms with Crippen molar-refractivity contribution < 1.29 is 14.6 Å². The van der Waals surface area contributed by atoms with E-state index in [9.17, 15) is 4.79 Å². The maximum absolute atomic E-state index is 11.1. The standard InChI is InChI=1S/C15H12N4O3/c1-22-14-3-2-11(9-17-14)19-13(5-7-18-19)12-8-10(15(20)21)4-6-16-12/h2-9H,1H3,(H,20,21). The number of carboxylic acid groups (broad SMARTS) is 1. The molecule has 7 nitrogen and oxygen atoms in total. The van der Waals surface area contributed by atoms with Gasteiger partial charge in [-0.05, 0) is 24.3 Å². The van der Waals surface area contributed by atoms with E-state index in [0.717, 1.165) is 5.69 Å².